The number of nitriles is 1. The van der Waals surface area contributed by atoms with Gasteiger partial charge in [-0.05, 0) is 62.1 Å². The van der Waals surface area contributed by atoms with Gasteiger partial charge in [0.1, 0.15) is 41.2 Å². The second-order valence-corrected chi connectivity index (χ2v) is 16.3. The lowest BCUT2D eigenvalue weighted by Crippen LogP contribution is -2.35. The van der Waals surface area contributed by atoms with Crippen LogP contribution in [-0.2, 0) is 40.8 Å². The van der Waals surface area contributed by atoms with E-state index in [-0.39, 0.29) is 50.9 Å². The van der Waals surface area contributed by atoms with Gasteiger partial charge in [0, 0.05) is 35.7 Å². The van der Waals surface area contributed by atoms with Crippen LogP contribution < -0.4 is 10.0 Å². The van der Waals surface area contributed by atoms with Crippen LogP contribution in [0.5, 0.6) is 0 Å². The molecule has 0 aliphatic heterocycles. The Balaban J connectivity index is 1.39. The van der Waals surface area contributed by atoms with Crippen LogP contribution in [0.1, 0.15) is 59.7 Å². The Labute approximate surface area is 322 Å². The molecule has 18 heteroatoms. The van der Waals surface area contributed by atoms with Gasteiger partial charge in [0.05, 0.1) is 39.8 Å². The van der Waals surface area contributed by atoms with Crippen LogP contribution in [0.3, 0.4) is 0 Å². The molecule has 3 unspecified atom stereocenters. The monoisotopic (exact) mass is 806 g/mol. The molecule has 7 rings (SSSR count). The quantitative estimate of drug-likeness (QED) is 0.0983. The van der Waals surface area contributed by atoms with E-state index < -0.39 is 69.2 Å². The summed E-state index contributed by atoms with van der Waals surface area (Å²) < 4.78 is 89.3. The number of rotatable bonds is 9. The molecule has 1 amide bonds. The molecular weight excluding hydrogens is 776 g/mol. The first-order chi connectivity index (χ1) is 26.2. The number of alkyl halides is 2. The number of nitrogens with zero attached hydrogens (tertiary/aromatic N) is 6. The first-order valence-corrected chi connectivity index (χ1v) is 19.2. The highest BCUT2D eigenvalue weighted by Crippen LogP contribution is 2.59. The average Bonchev–Trinajstić information content (AvgIpc) is 3.63. The lowest BCUT2D eigenvalue weighted by molar-refractivity contribution is -0.123. The normalized spacial score (nSPS) is 17.3. The minimum absolute atomic E-state index is 0.0549. The number of hydrogen-bond donors (Lipinski definition) is 3. The molecule has 288 valence electrons. The standard InChI is InChI=1S/C38H31ClF4N8O4S/c1-37(2,53)12-11-22-5-6-23(24-8-10-27(39)32-34(24)50(3)48-36(32)49-56(4,54)55)33(45-22)28(15-19-13-20(40)16-21(41)14-19)46-30(52)18-51-35-31(29(17-44)47-51)25-7-9-26(25)38(35,42)43/h5-10,13-14,16,25-26,28,53H,15,18H2,1-4H3,(H,46,52)(H,48,49). The number of fused-ring (bicyclic) bond motifs is 4. The largest absolute Gasteiger partial charge is 0.378 e. The topological polar surface area (TPSA) is 168 Å². The van der Waals surface area contributed by atoms with Gasteiger partial charge in [0.2, 0.25) is 15.9 Å². The molecule has 2 aliphatic carbocycles. The van der Waals surface area contributed by atoms with E-state index >= 15 is 8.78 Å². The average molecular weight is 807 g/mol. The van der Waals surface area contributed by atoms with Crippen molar-refractivity contribution >= 4 is 44.3 Å². The number of nitrogens with one attached hydrogen (secondary N) is 2. The molecule has 0 saturated heterocycles. The third-order valence-electron chi connectivity index (χ3n) is 9.33. The van der Waals surface area contributed by atoms with Crippen molar-refractivity contribution in [1.82, 2.24) is 29.9 Å². The Kier molecular flexibility index (Phi) is 9.47. The first-order valence-electron chi connectivity index (χ1n) is 17.0. The molecule has 3 heterocycles. The maximum atomic E-state index is 15.6. The van der Waals surface area contributed by atoms with Crippen molar-refractivity contribution < 1.29 is 35.9 Å². The summed E-state index contributed by atoms with van der Waals surface area (Å²) in [6.45, 7) is 2.16. The number of carbonyl (C=O) groups excluding carboxylic acids is 1. The predicted octanol–water partition coefficient (Wildman–Crippen LogP) is 5.60. The number of sulfonamides is 1. The molecule has 0 fully saturated rings. The van der Waals surface area contributed by atoms with Gasteiger partial charge in [-0.25, -0.2) is 22.2 Å². The summed E-state index contributed by atoms with van der Waals surface area (Å²) in [4.78, 5) is 18.7. The lowest BCUT2D eigenvalue weighted by Gasteiger charge is -2.27. The van der Waals surface area contributed by atoms with Gasteiger partial charge in [-0.15, -0.1) is 0 Å². The van der Waals surface area contributed by atoms with Crippen LogP contribution in [-0.4, -0.2) is 55.8 Å². The van der Waals surface area contributed by atoms with E-state index in [4.69, 9.17) is 16.6 Å². The number of aryl methyl sites for hydroxylation is 1. The van der Waals surface area contributed by atoms with Gasteiger partial charge in [-0.3, -0.25) is 18.9 Å². The summed E-state index contributed by atoms with van der Waals surface area (Å²) in [7, 11) is -2.26. The van der Waals surface area contributed by atoms with Crippen molar-refractivity contribution in [3.63, 3.8) is 0 Å². The fourth-order valence-corrected chi connectivity index (χ4v) is 7.84. The van der Waals surface area contributed by atoms with Crippen molar-refractivity contribution in [3.05, 3.63) is 105 Å². The molecule has 2 aromatic carbocycles. The highest BCUT2D eigenvalue weighted by atomic mass is 35.5. The van der Waals surface area contributed by atoms with Gasteiger partial charge >= 0.3 is 0 Å². The molecule has 2 aliphatic rings. The molecule has 12 nitrogen and oxygen atoms in total. The fourth-order valence-electron chi connectivity index (χ4n) is 7.11. The summed E-state index contributed by atoms with van der Waals surface area (Å²) in [5.41, 5.74) is -0.809. The van der Waals surface area contributed by atoms with E-state index in [1.54, 1.807) is 25.3 Å². The molecule has 3 N–H and O–H groups in total. The highest BCUT2D eigenvalue weighted by Gasteiger charge is 2.59. The van der Waals surface area contributed by atoms with E-state index in [0.29, 0.717) is 22.7 Å². The molecule has 0 spiro atoms. The number of aliphatic hydroxyl groups is 1. The number of anilines is 1. The predicted molar refractivity (Wildman–Crippen MR) is 198 cm³/mol. The second-order valence-electron chi connectivity index (χ2n) is 14.1. The van der Waals surface area contributed by atoms with Crippen molar-refractivity contribution in [2.24, 2.45) is 13.0 Å². The van der Waals surface area contributed by atoms with Gasteiger partial charge in [0.15, 0.2) is 11.5 Å². The molecule has 56 heavy (non-hydrogen) atoms. The van der Waals surface area contributed by atoms with Gasteiger partial charge in [0.25, 0.3) is 5.92 Å². The van der Waals surface area contributed by atoms with Gasteiger partial charge in [-0.1, -0.05) is 35.7 Å². The lowest BCUT2D eigenvalue weighted by atomic mass is 9.81. The van der Waals surface area contributed by atoms with E-state index in [9.17, 15) is 32.4 Å². The molecule has 3 atom stereocenters. The SMILES string of the molecule is Cn1nc(NS(C)(=O)=O)c2c(Cl)ccc(-c3ccc(C#CC(C)(C)O)nc3C(Cc3cc(F)cc(F)c3)NC(=O)Cn3nc(C#N)c4c3C(F)(F)C3C=CC43)c21. The Morgan fingerprint density at radius 2 is 1.80 bits per heavy atom. The van der Waals surface area contributed by atoms with Crippen LogP contribution in [0.4, 0.5) is 23.4 Å². The third kappa shape index (κ3) is 7.21. The maximum absolute atomic E-state index is 15.6. The smallest absolute Gasteiger partial charge is 0.296 e. The number of carbonyl (C=O) groups is 1. The number of hydrogen-bond acceptors (Lipinski definition) is 8. The van der Waals surface area contributed by atoms with Gasteiger partial charge < -0.3 is 10.4 Å². The number of allylic oxidation sites excluding steroid dienone is 2. The fraction of sp³-hybridized carbons (Fsp3) is 0.289. The molecule has 0 radical (unpaired) electrons. The van der Waals surface area contributed by atoms with Crippen molar-refractivity contribution in [1.29, 1.82) is 5.26 Å². The van der Waals surface area contributed by atoms with Gasteiger partial charge in [-0.2, -0.15) is 24.2 Å². The minimum atomic E-state index is -3.81. The molecule has 0 saturated carbocycles. The Morgan fingerprint density at radius 3 is 2.43 bits per heavy atom. The number of pyridine rings is 1. The number of amides is 1. The zero-order valence-electron chi connectivity index (χ0n) is 30.0. The van der Waals surface area contributed by atoms with Crippen LogP contribution in [0.2, 0.25) is 5.02 Å². The van der Waals surface area contributed by atoms with E-state index in [1.807, 2.05) is 6.07 Å². The maximum Gasteiger partial charge on any atom is 0.296 e. The summed E-state index contributed by atoms with van der Waals surface area (Å²) in [6, 6.07) is 9.66. The van der Waals surface area contributed by atoms with Crippen LogP contribution in [0, 0.1) is 40.7 Å². The number of benzene rings is 2. The summed E-state index contributed by atoms with van der Waals surface area (Å²) in [6.07, 6.45) is 3.57. The summed E-state index contributed by atoms with van der Waals surface area (Å²) in [5.74, 6) is -2.57. The molecular formula is C38H31ClF4N8O4S. The summed E-state index contributed by atoms with van der Waals surface area (Å²) in [5, 5.41) is 31.6. The Hall–Kier alpha value is -5.75. The minimum Gasteiger partial charge on any atom is -0.378 e. The van der Waals surface area contributed by atoms with Crippen molar-refractivity contribution in [3.8, 4) is 29.0 Å². The van der Waals surface area contributed by atoms with Crippen LogP contribution in [0.25, 0.3) is 22.0 Å². The summed E-state index contributed by atoms with van der Waals surface area (Å²) >= 11 is 6.59. The molecule has 0 bridgehead atoms. The third-order valence-corrected chi connectivity index (χ3v) is 10.2. The van der Waals surface area contributed by atoms with Crippen molar-refractivity contribution in [2.75, 3.05) is 11.0 Å². The van der Waals surface area contributed by atoms with Crippen LogP contribution >= 0.6 is 11.6 Å². The van der Waals surface area contributed by atoms with E-state index in [0.717, 1.165) is 23.1 Å². The van der Waals surface area contributed by atoms with Crippen molar-refractivity contribution in [2.45, 2.75) is 50.3 Å². The molecule has 5 aromatic rings. The second kappa shape index (κ2) is 13.8. The zero-order valence-corrected chi connectivity index (χ0v) is 31.6. The number of halogens is 5. The highest BCUT2D eigenvalue weighted by molar-refractivity contribution is 7.92. The zero-order chi connectivity index (χ0) is 40.5. The Bertz CT molecular complexity index is 2700. The first kappa shape index (κ1) is 38.5. The number of aromatic nitrogens is 5. The van der Waals surface area contributed by atoms with Crippen LogP contribution in [0.15, 0.2) is 54.6 Å². The van der Waals surface area contributed by atoms with E-state index in [1.165, 1.54) is 36.7 Å². The Morgan fingerprint density at radius 1 is 1.11 bits per heavy atom. The molecule has 3 aromatic heterocycles. The van der Waals surface area contributed by atoms with E-state index in [2.05, 4.69) is 32.1 Å².